The van der Waals surface area contributed by atoms with Crippen molar-refractivity contribution in [3.8, 4) is 0 Å². The average molecular weight is 1500 g/mol. The van der Waals surface area contributed by atoms with E-state index in [0.29, 0.717) is 5.56 Å². The van der Waals surface area contributed by atoms with Crippen LogP contribution in [0, 0.1) is 22.7 Å². The van der Waals surface area contributed by atoms with E-state index in [1.807, 2.05) is 0 Å². The van der Waals surface area contributed by atoms with Gasteiger partial charge in [-0.25, -0.2) is 28.8 Å². The van der Waals surface area contributed by atoms with Crippen LogP contribution >= 0.6 is 0 Å². The zero-order valence-corrected chi connectivity index (χ0v) is 61.9. The molecule has 7 rings (SSSR count). The van der Waals surface area contributed by atoms with Gasteiger partial charge in [0.05, 0.1) is 55.8 Å². The molecule has 1 heterocycles. The third-order valence-corrected chi connectivity index (χ3v) is 19.8. The number of carbonyl (C=O) groups excluding carboxylic acids is 11. The SMILES string of the molecule is CC(=O)O[C@@]12CO[C@@H]1C[C@H](O)[C@@]1(C)C(=O)[C@H](O)C3=C(C)[C@@H](OC(=O)[C@H](OC(=O)N(CCOCCO)CCN(C)C(=O)OCc4ccc(NC(=O)[C@H](CCCNC(N)=O)NC(=O)[C@@H](NC(=O)CCC(=O)O)C(C)C)cc4)[C@@H](NC(=O)OC(C)(C)C)c4ccccc4)C[C@@](O)([C@@H](OC(=O)c4ccccc4)[C@H]21)C3(C)C. The maximum Gasteiger partial charge on any atom is 0.410 e. The summed E-state index contributed by atoms with van der Waals surface area (Å²) in [6.45, 7) is 12.4. The van der Waals surface area contributed by atoms with E-state index in [4.69, 9.17) is 48.7 Å². The summed E-state index contributed by atoms with van der Waals surface area (Å²) in [4.78, 5) is 166. The Morgan fingerprint density at radius 1 is 0.813 bits per heavy atom. The highest BCUT2D eigenvalue weighted by Gasteiger charge is 2.78. The number of primary amides is 1. The number of esters is 3. The van der Waals surface area contributed by atoms with E-state index >= 15 is 14.4 Å². The number of carbonyl (C=O) groups is 12. The van der Waals surface area contributed by atoms with Gasteiger partial charge >= 0.3 is 48.2 Å². The number of ketones is 1. The van der Waals surface area contributed by atoms with Crippen molar-refractivity contribution in [3.63, 3.8) is 0 Å². The standard InChI is InChI=1S/C74H100N8O25/c1-41(2)55(79-52(86)28-29-53(87)88)63(92)78-48(23-18-30-76-66(75)95)62(91)77-47-26-24-44(25-27-47)39-101-68(97)81(11)31-32-82(33-35-100-36-34-83)69(98)104-58(56(45-19-14-12-15-20-45)80-67(96)107-70(5,6)7)65(94)103-49-38-74(99)61(105-64(93)46-21-16-13-17-22-46)59-72(10,60(90)57(89)54(42(49)3)71(74,8)9)50(85)37-51-73(59,40-102-51)106-43(4)84/h12-17,19-22,24-27,41,48-51,55-59,61,83,85,89,99H,18,23,28-40H2,1-11H3,(H,77,91)(H,78,92)(H,79,86)(H,80,96)(H,87,88)(H3,75,76,95)/t48-,49-,50-,51+,55-,56-,57+,58+,59-,61-,72+,73-,74+/m0/s1. The number of rotatable bonds is 32. The van der Waals surface area contributed by atoms with Crippen molar-refractivity contribution in [1.29, 1.82) is 0 Å². The fourth-order valence-corrected chi connectivity index (χ4v) is 14.1. The Kier molecular flexibility index (Phi) is 28.6. The molecule has 1 saturated heterocycles. The van der Waals surface area contributed by atoms with Gasteiger partial charge in [0.1, 0.15) is 60.4 Å². The van der Waals surface area contributed by atoms with E-state index in [0.717, 1.165) is 16.7 Å². The first-order chi connectivity index (χ1) is 50.3. The molecule has 0 unspecified atom stereocenters. The van der Waals surface area contributed by atoms with Gasteiger partial charge in [0.15, 0.2) is 11.4 Å². The monoisotopic (exact) mass is 1500 g/mol. The Bertz CT molecular complexity index is 3740. The lowest BCUT2D eigenvalue weighted by Crippen LogP contribution is -2.81. The summed E-state index contributed by atoms with van der Waals surface area (Å²) in [5, 5.41) is 70.5. The Morgan fingerprint density at radius 2 is 1.47 bits per heavy atom. The molecule has 3 aliphatic carbocycles. The summed E-state index contributed by atoms with van der Waals surface area (Å²) < 4.78 is 48.0. The number of benzene rings is 3. The van der Waals surface area contributed by atoms with Crippen LogP contribution in [-0.2, 0) is 78.1 Å². The number of carboxylic acid groups (broad SMARTS) is 1. The number of Topliss-reactive ketones (excluding diaryl/α,β-unsaturated/α-hetero) is 1. The average Bonchev–Trinajstić information content (AvgIpc) is 0.669. The summed E-state index contributed by atoms with van der Waals surface area (Å²) in [6.07, 6.45) is -15.8. The van der Waals surface area contributed by atoms with Crippen molar-refractivity contribution in [2.45, 2.75) is 186 Å². The number of anilines is 1. The molecule has 8 amide bonds. The third kappa shape index (κ3) is 20.5. The highest BCUT2D eigenvalue weighted by molar-refractivity contribution is 5.99. The topological polar surface area (TPSA) is 472 Å². The molecule has 33 nitrogen and oxygen atoms in total. The van der Waals surface area contributed by atoms with Gasteiger partial charge in [0, 0.05) is 70.5 Å². The minimum Gasteiger partial charge on any atom is -0.481 e. The van der Waals surface area contributed by atoms with Crippen LogP contribution in [0.3, 0.4) is 0 Å². The van der Waals surface area contributed by atoms with Gasteiger partial charge in [-0.05, 0) is 99.9 Å². The van der Waals surface area contributed by atoms with Gasteiger partial charge in [0.25, 0.3) is 0 Å². The van der Waals surface area contributed by atoms with E-state index < -0.39 is 192 Å². The number of ether oxygens (including phenoxy) is 8. The lowest BCUT2D eigenvalue weighted by molar-refractivity contribution is -0.346. The number of aliphatic hydroxyl groups is 4. The molecule has 107 heavy (non-hydrogen) atoms. The second-order valence-electron chi connectivity index (χ2n) is 29.1. The minimum absolute atomic E-state index is 0.00374. The summed E-state index contributed by atoms with van der Waals surface area (Å²) >= 11 is 0. The van der Waals surface area contributed by atoms with Crippen LogP contribution in [0.25, 0.3) is 0 Å². The second-order valence-corrected chi connectivity index (χ2v) is 29.1. The Hall–Kier alpha value is -9.80. The van der Waals surface area contributed by atoms with Gasteiger partial charge < -0.3 is 106 Å². The predicted molar refractivity (Wildman–Crippen MR) is 378 cm³/mol. The molecule has 0 aromatic heterocycles. The summed E-state index contributed by atoms with van der Waals surface area (Å²) in [7, 11) is 1.36. The van der Waals surface area contributed by atoms with Crippen LogP contribution < -0.4 is 32.3 Å². The highest BCUT2D eigenvalue weighted by Crippen LogP contribution is 2.64. The van der Waals surface area contributed by atoms with E-state index in [2.05, 4.69) is 26.6 Å². The van der Waals surface area contributed by atoms with Crippen molar-refractivity contribution in [1.82, 2.24) is 31.1 Å². The van der Waals surface area contributed by atoms with Crippen LogP contribution in [0.4, 0.5) is 24.9 Å². The summed E-state index contributed by atoms with van der Waals surface area (Å²) in [5.74, 6) is -9.76. The number of aliphatic hydroxyl groups excluding tert-OH is 3. The molecular formula is C74H100N8O25. The molecule has 12 N–H and O–H groups in total. The number of aliphatic carboxylic acids is 1. The number of likely N-dealkylation sites (N-methyl/N-ethyl adjacent to an activating group) is 1. The van der Waals surface area contributed by atoms with Crippen molar-refractivity contribution in [2.75, 3.05) is 65.0 Å². The fourth-order valence-electron chi connectivity index (χ4n) is 14.1. The van der Waals surface area contributed by atoms with Crippen LogP contribution in [0.5, 0.6) is 0 Å². The van der Waals surface area contributed by atoms with Gasteiger partial charge in [-0.15, -0.1) is 0 Å². The maximum absolute atomic E-state index is 15.7. The van der Waals surface area contributed by atoms with E-state index in [-0.39, 0.29) is 99.6 Å². The molecule has 3 aromatic rings. The zero-order chi connectivity index (χ0) is 79.1. The number of amides is 8. The predicted octanol–water partition coefficient (Wildman–Crippen LogP) is 3.86. The third-order valence-electron chi connectivity index (χ3n) is 19.8. The number of alkyl carbamates (subject to hydrolysis) is 1. The molecule has 3 fully saturated rings. The number of nitrogens with two attached hydrogens (primary N) is 1. The molecule has 2 bridgehead atoms. The van der Waals surface area contributed by atoms with Crippen LogP contribution in [-0.4, -0.2) is 232 Å². The van der Waals surface area contributed by atoms with Crippen LogP contribution in [0.15, 0.2) is 96.1 Å². The van der Waals surface area contributed by atoms with Gasteiger partial charge in [-0.1, -0.05) is 88.4 Å². The number of nitrogens with zero attached hydrogens (tertiary/aromatic N) is 2. The molecule has 33 heteroatoms. The van der Waals surface area contributed by atoms with Gasteiger partial charge in [-0.3, -0.25) is 28.8 Å². The maximum atomic E-state index is 15.7. The number of nitrogens with one attached hydrogen (secondary N) is 5. The van der Waals surface area contributed by atoms with Crippen molar-refractivity contribution in [3.05, 3.63) is 113 Å². The lowest BCUT2D eigenvalue weighted by Gasteiger charge is -2.67. The Labute approximate surface area is 619 Å². The molecule has 4 aliphatic rings. The molecular weight excluding hydrogens is 1400 g/mol. The number of fused-ring (bicyclic) bond motifs is 5. The van der Waals surface area contributed by atoms with E-state index in [1.165, 1.54) is 83.3 Å². The number of hydrogen-bond donors (Lipinski definition) is 11. The molecule has 13 atom stereocenters. The van der Waals surface area contributed by atoms with Crippen LogP contribution in [0.1, 0.15) is 135 Å². The quantitative estimate of drug-likeness (QED) is 0.0183. The van der Waals surface area contributed by atoms with Crippen molar-refractivity contribution >= 4 is 77.4 Å². The first kappa shape index (κ1) is 84.5. The number of carboxylic acids is 1. The van der Waals surface area contributed by atoms with E-state index in [1.54, 1.807) is 71.0 Å². The largest absolute Gasteiger partial charge is 0.481 e. The Morgan fingerprint density at radius 3 is 2.06 bits per heavy atom. The van der Waals surface area contributed by atoms with Gasteiger partial charge in [-0.2, -0.15) is 0 Å². The highest BCUT2D eigenvalue weighted by atomic mass is 16.6. The number of urea groups is 1. The van der Waals surface area contributed by atoms with Gasteiger partial charge in [0.2, 0.25) is 23.8 Å². The normalized spacial score (nSPS) is 23.8. The molecule has 1 aliphatic heterocycles. The lowest BCUT2D eigenvalue weighted by atomic mass is 9.44. The number of hydrogen-bond acceptors (Lipinski definition) is 24. The summed E-state index contributed by atoms with van der Waals surface area (Å²) in [6, 6.07) is 16.6. The molecule has 0 radical (unpaired) electrons. The summed E-state index contributed by atoms with van der Waals surface area (Å²) in [5.41, 5.74) is -3.74. The zero-order valence-electron chi connectivity index (χ0n) is 61.9. The van der Waals surface area contributed by atoms with Crippen molar-refractivity contribution in [2.24, 2.45) is 28.4 Å². The molecule has 586 valence electrons. The minimum atomic E-state index is -2.57. The van der Waals surface area contributed by atoms with Crippen molar-refractivity contribution < 1.29 is 121 Å². The first-order valence-electron chi connectivity index (χ1n) is 35.2. The molecule has 2 saturated carbocycles. The first-order valence-corrected chi connectivity index (χ1v) is 35.2. The molecule has 3 aromatic carbocycles. The fraction of sp³-hybridized carbons (Fsp3) is 0.568. The molecule has 0 spiro atoms. The Balaban J connectivity index is 1.16. The van der Waals surface area contributed by atoms with E-state index in [9.17, 15) is 63.6 Å². The van der Waals surface area contributed by atoms with Crippen LogP contribution in [0.2, 0.25) is 0 Å². The smallest absolute Gasteiger partial charge is 0.410 e. The second kappa shape index (κ2) is 36.2.